The van der Waals surface area contributed by atoms with Crippen LogP contribution >= 0.6 is 15.9 Å². The first-order valence-corrected chi connectivity index (χ1v) is 8.58. The van der Waals surface area contributed by atoms with Crippen LogP contribution in [-0.2, 0) is 16.6 Å². The van der Waals surface area contributed by atoms with Gasteiger partial charge in [-0.05, 0) is 28.3 Å². The molecule has 0 atom stereocenters. The van der Waals surface area contributed by atoms with Gasteiger partial charge in [-0.15, -0.1) is 0 Å². The average Bonchev–Trinajstić information content (AvgIpc) is 3.04. The molecule has 102 valence electrons. The lowest BCUT2D eigenvalue weighted by atomic mass is 10.2. The zero-order chi connectivity index (χ0) is 13.0. The van der Waals surface area contributed by atoms with E-state index in [1.807, 2.05) is 0 Å². The van der Waals surface area contributed by atoms with Gasteiger partial charge in [0.15, 0.2) is 5.76 Å². The van der Waals surface area contributed by atoms with E-state index in [-0.39, 0.29) is 12.3 Å². The number of rotatable bonds is 8. The largest absolute Gasteiger partial charge is 0.359 e. The zero-order valence-electron chi connectivity index (χ0n) is 10.1. The summed E-state index contributed by atoms with van der Waals surface area (Å²) < 4.78 is 31.4. The molecular formula is C11H17BrN2O3S. The van der Waals surface area contributed by atoms with Gasteiger partial charge in [0.25, 0.3) is 0 Å². The Morgan fingerprint density at radius 3 is 2.83 bits per heavy atom. The fourth-order valence-corrected chi connectivity index (χ4v) is 3.17. The molecule has 0 spiro atoms. The number of hydrogen-bond donors (Lipinski definition) is 1. The van der Waals surface area contributed by atoms with Crippen LogP contribution in [-0.4, -0.2) is 19.3 Å². The molecule has 1 aliphatic carbocycles. The minimum Gasteiger partial charge on any atom is -0.359 e. The molecule has 18 heavy (non-hydrogen) atoms. The minimum atomic E-state index is -3.20. The highest BCUT2D eigenvalue weighted by Crippen LogP contribution is 2.33. The van der Waals surface area contributed by atoms with Gasteiger partial charge in [0.05, 0.1) is 12.3 Å². The van der Waals surface area contributed by atoms with E-state index in [2.05, 4.69) is 25.8 Å². The van der Waals surface area contributed by atoms with Crippen molar-refractivity contribution in [1.29, 1.82) is 0 Å². The Morgan fingerprint density at radius 1 is 1.44 bits per heavy atom. The lowest BCUT2D eigenvalue weighted by Crippen LogP contribution is -2.25. The smallest absolute Gasteiger partial charge is 0.212 e. The molecule has 1 aliphatic rings. The molecule has 1 saturated carbocycles. The van der Waals surface area contributed by atoms with Crippen LogP contribution in [0.4, 0.5) is 0 Å². The maximum atomic E-state index is 11.7. The summed E-state index contributed by atoms with van der Waals surface area (Å²) in [5.74, 6) is 1.56. The lowest BCUT2D eigenvalue weighted by molar-refractivity contribution is 0.377. The summed E-state index contributed by atoms with van der Waals surface area (Å²) in [5.41, 5.74) is 0. The van der Waals surface area contributed by atoms with E-state index in [0.29, 0.717) is 10.4 Å². The number of sulfonamides is 1. The SMILES string of the molecule is O=S(=O)(CCCCC1CC1)NCc1cc(Br)no1. The van der Waals surface area contributed by atoms with E-state index in [1.165, 1.54) is 19.3 Å². The van der Waals surface area contributed by atoms with Crippen molar-refractivity contribution in [3.05, 3.63) is 16.4 Å². The Labute approximate surface area is 115 Å². The summed E-state index contributed by atoms with van der Waals surface area (Å²) in [6.07, 6.45) is 5.55. The molecule has 0 amide bonds. The van der Waals surface area contributed by atoms with E-state index in [4.69, 9.17) is 4.52 Å². The molecule has 1 heterocycles. The lowest BCUT2D eigenvalue weighted by Gasteiger charge is -2.04. The van der Waals surface area contributed by atoms with Crippen LogP contribution in [0.1, 0.15) is 37.9 Å². The molecule has 1 aromatic rings. The standard InChI is InChI=1S/C11H17BrN2O3S/c12-11-7-10(17-14-11)8-13-18(15,16)6-2-1-3-9-4-5-9/h7,9,13H,1-6,8H2. The van der Waals surface area contributed by atoms with Gasteiger partial charge in [0.2, 0.25) is 10.0 Å². The average molecular weight is 337 g/mol. The van der Waals surface area contributed by atoms with Crippen LogP contribution in [0.5, 0.6) is 0 Å². The Morgan fingerprint density at radius 2 is 2.22 bits per heavy atom. The Bertz CT molecular complexity index is 482. The molecule has 0 aromatic carbocycles. The van der Waals surface area contributed by atoms with Gasteiger partial charge in [-0.1, -0.05) is 30.8 Å². The second kappa shape index (κ2) is 6.16. The molecule has 0 unspecified atom stereocenters. The monoisotopic (exact) mass is 336 g/mol. The van der Waals surface area contributed by atoms with Crippen LogP contribution < -0.4 is 4.72 Å². The normalized spacial score (nSPS) is 16.1. The number of nitrogens with one attached hydrogen (secondary N) is 1. The van der Waals surface area contributed by atoms with Gasteiger partial charge in [-0.3, -0.25) is 0 Å². The summed E-state index contributed by atoms with van der Waals surface area (Å²) in [6, 6.07) is 1.65. The quantitative estimate of drug-likeness (QED) is 0.740. The van der Waals surface area contributed by atoms with Crippen molar-refractivity contribution < 1.29 is 12.9 Å². The van der Waals surface area contributed by atoms with E-state index in [9.17, 15) is 8.42 Å². The maximum absolute atomic E-state index is 11.7. The van der Waals surface area contributed by atoms with Crippen LogP contribution in [0.15, 0.2) is 15.2 Å². The number of unbranched alkanes of at least 4 members (excludes halogenated alkanes) is 1. The predicted octanol–water partition coefficient (Wildman–Crippen LogP) is 2.44. The molecule has 2 rings (SSSR count). The highest BCUT2D eigenvalue weighted by atomic mass is 79.9. The third-order valence-corrected chi connectivity index (χ3v) is 4.75. The summed E-state index contributed by atoms with van der Waals surface area (Å²) >= 11 is 3.14. The van der Waals surface area contributed by atoms with Crippen molar-refractivity contribution in [2.24, 2.45) is 5.92 Å². The molecule has 5 nitrogen and oxygen atoms in total. The van der Waals surface area contributed by atoms with Crippen LogP contribution in [0.3, 0.4) is 0 Å². The molecule has 0 aliphatic heterocycles. The van der Waals surface area contributed by atoms with Crippen molar-refractivity contribution in [3.8, 4) is 0 Å². The molecule has 0 saturated heterocycles. The Kier molecular flexibility index (Phi) is 4.80. The van der Waals surface area contributed by atoms with Crippen LogP contribution in [0.2, 0.25) is 0 Å². The van der Waals surface area contributed by atoms with Crippen molar-refractivity contribution in [2.75, 3.05) is 5.75 Å². The second-order valence-electron chi connectivity index (χ2n) is 4.70. The fourth-order valence-electron chi connectivity index (χ4n) is 1.76. The predicted molar refractivity (Wildman–Crippen MR) is 71.4 cm³/mol. The topological polar surface area (TPSA) is 72.2 Å². The van der Waals surface area contributed by atoms with E-state index < -0.39 is 10.0 Å². The van der Waals surface area contributed by atoms with Gasteiger partial charge >= 0.3 is 0 Å². The zero-order valence-corrected chi connectivity index (χ0v) is 12.5. The van der Waals surface area contributed by atoms with Gasteiger partial charge in [-0.25, -0.2) is 13.1 Å². The second-order valence-corrected chi connectivity index (χ2v) is 7.43. The van der Waals surface area contributed by atoms with E-state index >= 15 is 0 Å². The maximum Gasteiger partial charge on any atom is 0.212 e. The molecule has 0 bridgehead atoms. The van der Waals surface area contributed by atoms with Crippen molar-refractivity contribution >= 4 is 26.0 Å². The molecule has 1 aromatic heterocycles. The first-order chi connectivity index (χ1) is 8.55. The highest BCUT2D eigenvalue weighted by molar-refractivity contribution is 9.10. The summed E-state index contributed by atoms with van der Waals surface area (Å²) in [6.45, 7) is 0.156. The first kappa shape index (κ1) is 14.0. The third kappa shape index (κ3) is 5.07. The fraction of sp³-hybridized carbons (Fsp3) is 0.727. The number of halogens is 1. The highest BCUT2D eigenvalue weighted by Gasteiger charge is 2.20. The first-order valence-electron chi connectivity index (χ1n) is 6.13. The van der Waals surface area contributed by atoms with E-state index in [1.54, 1.807) is 6.07 Å². The molecule has 1 fully saturated rings. The Balaban J connectivity index is 1.66. The molecule has 1 N–H and O–H groups in total. The minimum absolute atomic E-state index is 0.156. The molecular weight excluding hydrogens is 320 g/mol. The summed E-state index contributed by atoms with van der Waals surface area (Å²) in [7, 11) is -3.20. The van der Waals surface area contributed by atoms with Gasteiger partial charge in [0.1, 0.15) is 4.60 Å². The number of hydrogen-bond acceptors (Lipinski definition) is 4. The van der Waals surface area contributed by atoms with Gasteiger partial charge in [0, 0.05) is 6.07 Å². The van der Waals surface area contributed by atoms with Gasteiger partial charge < -0.3 is 4.52 Å². The van der Waals surface area contributed by atoms with E-state index in [0.717, 1.165) is 18.8 Å². The van der Waals surface area contributed by atoms with Crippen molar-refractivity contribution in [2.45, 2.75) is 38.6 Å². The Hall–Kier alpha value is -0.400. The summed E-state index contributed by atoms with van der Waals surface area (Å²) in [4.78, 5) is 0. The van der Waals surface area contributed by atoms with Crippen LogP contribution in [0, 0.1) is 5.92 Å². The van der Waals surface area contributed by atoms with Gasteiger partial charge in [-0.2, -0.15) is 0 Å². The van der Waals surface area contributed by atoms with Crippen molar-refractivity contribution in [1.82, 2.24) is 9.88 Å². The summed E-state index contributed by atoms with van der Waals surface area (Å²) in [5, 5.41) is 3.63. The molecule has 7 heteroatoms. The van der Waals surface area contributed by atoms with Crippen molar-refractivity contribution in [3.63, 3.8) is 0 Å². The van der Waals surface area contributed by atoms with Crippen LogP contribution in [0.25, 0.3) is 0 Å². The third-order valence-electron chi connectivity index (χ3n) is 2.97. The number of nitrogens with zero attached hydrogens (tertiary/aromatic N) is 1. The molecule has 0 radical (unpaired) electrons. The number of aromatic nitrogens is 1.